The summed E-state index contributed by atoms with van der Waals surface area (Å²) < 4.78 is 5.27. The van der Waals surface area contributed by atoms with Gasteiger partial charge in [0.25, 0.3) is 5.69 Å². The van der Waals surface area contributed by atoms with Crippen molar-refractivity contribution in [3.8, 4) is 0 Å². The fraction of sp³-hybridized carbons (Fsp3) is 0.500. The number of hydrogen-bond acceptors (Lipinski definition) is 4. The molecule has 1 heterocycles. The molecule has 1 atom stereocenters. The molecular formula is C12H16N2O3. The van der Waals surface area contributed by atoms with Gasteiger partial charge in [-0.05, 0) is 25.0 Å². The van der Waals surface area contributed by atoms with Crippen molar-refractivity contribution < 1.29 is 9.66 Å². The molecule has 1 saturated heterocycles. The first-order chi connectivity index (χ1) is 8.16. The number of nitro benzene ring substituents is 1. The first-order valence-corrected chi connectivity index (χ1v) is 5.73. The highest BCUT2D eigenvalue weighted by Crippen LogP contribution is 2.26. The summed E-state index contributed by atoms with van der Waals surface area (Å²) >= 11 is 0. The van der Waals surface area contributed by atoms with Crippen molar-refractivity contribution in [2.45, 2.75) is 13.3 Å². The van der Waals surface area contributed by atoms with Crippen molar-refractivity contribution in [1.29, 1.82) is 0 Å². The number of anilines is 1. The molecule has 2 rings (SSSR count). The molecule has 0 radical (unpaired) electrons. The van der Waals surface area contributed by atoms with E-state index in [0.717, 1.165) is 31.7 Å². The highest BCUT2D eigenvalue weighted by Gasteiger charge is 2.18. The summed E-state index contributed by atoms with van der Waals surface area (Å²) in [6.45, 7) is 4.11. The molecule has 0 spiro atoms. The van der Waals surface area contributed by atoms with Gasteiger partial charge in [-0.25, -0.2) is 0 Å². The van der Waals surface area contributed by atoms with Crippen LogP contribution in [0.5, 0.6) is 0 Å². The number of nitro groups is 1. The molecule has 0 saturated carbocycles. The first kappa shape index (κ1) is 11.9. The number of nitrogens with one attached hydrogen (secondary N) is 1. The molecule has 92 valence electrons. The van der Waals surface area contributed by atoms with Crippen LogP contribution in [0.15, 0.2) is 18.2 Å². The van der Waals surface area contributed by atoms with Gasteiger partial charge >= 0.3 is 0 Å². The van der Waals surface area contributed by atoms with E-state index in [2.05, 4.69) is 5.32 Å². The largest absolute Gasteiger partial charge is 0.381 e. The average Bonchev–Trinajstić information content (AvgIpc) is 2.80. The van der Waals surface area contributed by atoms with Crippen molar-refractivity contribution in [2.24, 2.45) is 5.92 Å². The Labute approximate surface area is 99.9 Å². The number of hydrogen-bond donors (Lipinski definition) is 1. The molecule has 0 amide bonds. The maximum Gasteiger partial charge on any atom is 0.292 e. The van der Waals surface area contributed by atoms with Gasteiger partial charge in [0.2, 0.25) is 0 Å². The van der Waals surface area contributed by atoms with Gasteiger partial charge in [0, 0.05) is 25.1 Å². The summed E-state index contributed by atoms with van der Waals surface area (Å²) in [7, 11) is 0. The minimum absolute atomic E-state index is 0.143. The SMILES string of the molecule is Cc1ccc(NCC2CCOC2)c([N+](=O)[O-])c1. The summed E-state index contributed by atoms with van der Waals surface area (Å²) in [5.41, 5.74) is 1.63. The van der Waals surface area contributed by atoms with E-state index in [4.69, 9.17) is 4.74 Å². The summed E-state index contributed by atoms with van der Waals surface area (Å²) in [5.74, 6) is 0.455. The van der Waals surface area contributed by atoms with Crippen LogP contribution in [0.2, 0.25) is 0 Å². The van der Waals surface area contributed by atoms with Crippen molar-refractivity contribution in [2.75, 3.05) is 25.1 Å². The molecule has 1 aliphatic heterocycles. The molecule has 5 heteroatoms. The summed E-state index contributed by atoms with van der Waals surface area (Å²) in [6.07, 6.45) is 1.02. The number of rotatable bonds is 4. The van der Waals surface area contributed by atoms with Gasteiger partial charge in [-0.15, -0.1) is 0 Å². The predicted molar refractivity (Wildman–Crippen MR) is 65.2 cm³/mol. The average molecular weight is 236 g/mol. The minimum atomic E-state index is -0.347. The van der Waals surface area contributed by atoms with Gasteiger partial charge in [-0.1, -0.05) is 6.07 Å². The molecule has 1 aromatic carbocycles. The van der Waals surface area contributed by atoms with E-state index in [1.54, 1.807) is 12.1 Å². The molecule has 0 aliphatic carbocycles. The zero-order valence-corrected chi connectivity index (χ0v) is 9.81. The van der Waals surface area contributed by atoms with Crippen LogP contribution in [-0.4, -0.2) is 24.7 Å². The second-order valence-electron chi connectivity index (χ2n) is 4.39. The third kappa shape index (κ3) is 2.94. The van der Waals surface area contributed by atoms with Crippen LogP contribution in [0.3, 0.4) is 0 Å². The third-order valence-corrected chi connectivity index (χ3v) is 2.96. The van der Waals surface area contributed by atoms with Crippen LogP contribution >= 0.6 is 0 Å². The standard InChI is InChI=1S/C12H16N2O3/c1-9-2-3-11(12(6-9)14(15)16)13-7-10-4-5-17-8-10/h2-3,6,10,13H,4-5,7-8H2,1H3. The van der Waals surface area contributed by atoms with Crippen molar-refractivity contribution >= 4 is 11.4 Å². The van der Waals surface area contributed by atoms with E-state index < -0.39 is 0 Å². The topological polar surface area (TPSA) is 64.4 Å². The Kier molecular flexibility index (Phi) is 3.58. The van der Waals surface area contributed by atoms with Crippen LogP contribution in [-0.2, 0) is 4.74 Å². The molecule has 1 N–H and O–H groups in total. The maximum absolute atomic E-state index is 10.9. The quantitative estimate of drug-likeness (QED) is 0.643. The number of nitrogens with zero attached hydrogens (tertiary/aromatic N) is 1. The molecule has 0 bridgehead atoms. The lowest BCUT2D eigenvalue weighted by Crippen LogP contribution is -2.14. The lowest BCUT2D eigenvalue weighted by molar-refractivity contribution is -0.384. The molecule has 1 unspecified atom stereocenters. The first-order valence-electron chi connectivity index (χ1n) is 5.73. The fourth-order valence-corrected chi connectivity index (χ4v) is 1.94. The second-order valence-corrected chi connectivity index (χ2v) is 4.39. The number of benzene rings is 1. The van der Waals surface area contributed by atoms with E-state index in [1.807, 2.05) is 13.0 Å². The summed E-state index contributed by atoms with van der Waals surface area (Å²) in [5, 5.41) is 14.1. The molecule has 1 aliphatic rings. The Balaban J connectivity index is 2.06. The Morgan fingerprint density at radius 2 is 2.41 bits per heavy atom. The van der Waals surface area contributed by atoms with Gasteiger partial charge in [-0.2, -0.15) is 0 Å². The van der Waals surface area contributed by atoms with Gasteiger partial charge in [0.1, 0.15) is 5.69 Å². The van der Waals surface area contributed by atoms with Crippen LogP contribution in [0.1, 0.15) is 12.0 Å². The zero-order chi connectivity index (χ0) is 12.3. The molecule has 5 nitrogen and oxygen atoms in total. The van der Waals surface area contributed by atoms with Gasteiger partial charge < -0.3 is 10.1 Å². The highest BCUT2D eigenvalue weighted by atomic mass is 16.6. The third-order valence-electron chi connectivity index (χ3n) is 2.96. The van der Waals surface area contributed by atoms with Gasteiger partial charge in [0.15, 0.2) is 0 Å². The Morgan fingerprint density at radius 3 is 3.06 bits per heavy atom. The zero-order valence-electron chi connectivity index (χ0n) is 9.81. The van der Waals surface area contributed by atoms with E-state index in [9.17, 15) is 10.1 Å². The van der Waals surface area contributed by atoms with Crippen LogP contribution in [0.25, 0.3) is 0 Å². The second kappa shape index (κ2) is 5.14. The molecule has 17 heavy (non-hydrogen) atoms. The van der Waals surface area contributed by atoms with Crippen molar-refractivity contribution in [3.05, 3.63) is 33.9 Å². The molecular weight excluding hydrogens is 220 g/mol. The summed E-state index contributed by atoms with van der Waals surface area (Å²) in [4.78, 5) is 10.6. The maximum atomic E-state index is 10.9. The van der Waals surface area contributed by atoms with Crippen LogP contribution < -0.4 is 5.32 Å². The minimum Gasteiger partial charge on any atom is -0.381 e. The Bertz CT molecular complexity index is 414. The Hall–Kier alpha value is -1.62. The monoisotopic (exact) mass is 236 g/mol. The smallest absolute Gasteiger partial charge is 0.292 e. The van der Waals surface area contributed by atoms with E-state index >= 15 is 0 Å². The number of aryl methyl sites for hydroxylation is 1. The molecule has 1 fully saturated rings. The fourth-order valence-electron chi connectivity index (χ4n) is 1.94. The predicted octanol–water partition coefficient (Wildman–Crippen LogP) is 2.35. The van der Waals surface area contributed by atoms with Crippen LogP contribution in [0, 0.1) is 23.0 Å². The molecule has 0 aromatic heterocycles. The Morgan fingerprint density at radius 1 is 1.59 bits per heavy atom. The lowest BCUT2D eigenvalue weighted by atomic mass is 10.1. The highest BCUT2D eigenvalue weighted by molar-refractivity contribution is 5.62. The van der Waals surface area contributed by atoms with Gasteiger partial charge in [-0.3, -0.25) is 10.1 Å². The number of ether oxygens (including phenoxy) is 1. The summed E-state index contributed by atoms with van der Waals surface area (Å²) in [6, 6.07) is 5.23. The molecule has 1 aromatic rings. The van der Waals surface area contributed by atoms with E-state index in [-0.39, 0.29) is 10.6 Å². The lowest BCUT2D eigenvalue weighted by Gasteiger charge is -2.11. The van der Waals surface area contributed by atoms with E-state index in [0.29, 0.717) is 11.6 Å². The van der Waals surface area contributed by atoms with Gasteiger partial charge in [0.05, 0.1) is 11.5 Å². The normalized spacial score (nSPS) is 19.2. The van der Waals surface area contributed by atoms with E-state index in [1.165, 1.54) is 0 Å². The van der Waals surface area contributed by atoms with Crippen LogP contribution in [0.4, 0.5) is 11.4 Å². The van der Waals surface area contributed by atoms with Crippen molar-refractivity contribution in [1.82, 2.24) is 0 Å². The van der Waals surface area contributed by atoms with Crippen molar-refractivity contribution in [3.63, 3.8) is 0 Å².